The van der Waals surface area contributed by atoms with Crippen LogP contribution in [-0.2, 0) is 6.54 Å². The van der Waals surface area contributed by atoms with Crippen LogP contribution in [0.4, 0.5) is 0 Å². The number of benzene rings is 1. The Morgan fingerprint density at radius 1 is 1.33 bits per heavy atom. The second-order valence-corrected chi connectivity index (χ2v) is 5.42. The molecule has 0 atom stereocenters. The third kappa shape index (κ3) is 2.89. The minimum atomic E-state index is 0.192. The van der Waals surface area contributed by atoms with Crippen LogP contribution in [0.3, 0.4) is 0 Å². The van der Waals surface area contributed by atoms with Gasteiger partial charge in [-0.2, -0.15) is 4.37 Å². The van der Waals surface area contributed by atoms with Crippen LogP contribution >= 0.6 is 11.5 Å². The monoisotopic (exact) mass is 262 g/mol. The molecule has 0 fully saturated rings. The number of nitrogens with two attached hydrogens (primary N) is 1. The van der Waals surface area contributed by atoms with Crippen molar-refractivity contribution in [1.29, 1.82) is 0 Å². The van der Waals surface area contributed by atoms with E-state index in [1.54, 1.807) is 0 Å². The predicted molar refractivity (Wildman–Crippen MR) is 75.9 cm³/mol. The van der Waals surface area contributed by atoms with Gasteiger partial charge in [-0.15, -0.1) is 0 Å². The van der Waals surface area contributed by atoms with Crippen molar-refractivity contribution < 1.29 is 4.74 Å². The largest absolute Gasteiger partial charge is 0.491 e. The maximum atomic E-state index is 5.72. The average molecular weight is 262 g/mol. The Bertz CT molecular complexity index is 534. The second-order valence-electron chi connectivity index (χ2n) is 4.53. The Morgan fingerprint density at radius 3 is 2.67 bits per heavy atom. The van der Waals surface area contributed by atoms with E-state index >= 15 is 0 Å². The minimum absolute atomic E-state index is 0.192. The van der Waals surface area contributed by atoms with E-state index in [2.05, 4.69) is 17.4 Å². The molecular weight excluding hydrogens is 244 g/mol. The third-order valence-corrected chi connectivity index (χ3v) is 3.40. The van der Waals surface area contributed by atoms with Crippen molar-refractivity contribution in [3.05, 3.63) is 34.7 Å². The van der Waals surface area contributed by atoms with Crippen molar-refractivity contribution in [2.75, 3.05) is 0 Å². The van der Waals surface area contributed by atoms with Gasteiger partial charge in [0.25, 0.3) is 0 Å². The smallest absolute Gasteiger partial charge is 0.122 e. The van der Waals surface area contributed by atoms with Gasteiger partial charge in [-0.05, 0) is 62.1 Å². The average Bonchev–Trinajstić information content (AvgIpc) is 2.80. The number of hydrogen-bond acceptors (Lipinski definition) is 4. The zero-order valence-electron chi connectivity index (χ0n) is 10.9. The summed E-state index contributed by atoms with van der Waals surface area (Å²) in [7, 11) is 0. The molecule has 2 rings (SSSR count). The molecule has 0 aliphatic carbocycles. The van der Waals surface area contributed by atoms with Crippen molar-refractivity contribution in [3.63, 3.8) is 0 Å². The first-order valence-corrected chi connectivity index (χ1v) is 6.81. The number of nitrogens with zero attached hydrogens (tertiary/aromatic N) is 1. The van der Waals surface area contributed by atoms with Gasteiger partial charge < -0.3 is 10.5 Å². The zero-order valence-corrected chi connectivity index (χ0v) is 11.8. The summed E-state index contributed by atoms with van der Waals surface area (Å²) < 4.78 is 10.1. The molecule has 0 unspecified atom stereocenters. The van der Waals surface area contributed by atoms with Gasteiger partial charge in [0.05, 0.1) is 11.8 Å². The van der Waals surface area contributed by atoms with Crippen LogP contribution in [0.2, 0.25) is 0 Å². The van der Waals surface area contributed by atoms with E-state index in [4.69, 9.17) is 10.5 Å². The zero-order chi connectivity index (χ0) is 13.1. The second kappa shape index (κ2) is 5.50. The molecule has 0 aliphatic heterocycles. The van der Waals surface area contributed by atoms with Gasteiger partial charge in [0.2, 0.25) is 0 Å². The first kappa shape index (κ1) is 13.1. The summed E-state index contributed by atoms with van der Waals surface area (Å²) in [6.07, 6.45) is 0.192. The van der Waals surface area contributed by atoms with E-state index in [9.17, 15) is 0 Å². The van der Waals surface area contributed by atoms with E-state index in [0.717, 1.165) is 27.4 Å². The topological polar surface area (TPSA) is 48.1 Å². The number of ether oxygens (including phenoxy) is 1. The molecule has 0 saturated carbocycles. The van der Waals surface area contributed by atoms with Crippen LogP contribution in [0.1, 0.15) is 24.3 Å². The Labute approximate surface area is 112 Å². The minimum Gasteiger partial charge on any atom is -0.491 e. The van der Waals surface area contributed by atoms with Crippen LogP contribution in [0, 0.1) is 6.92 Å². The fourth-order valence-corrected chi connectivity index (χ4v) is 2.35. The highest BCUT2D eigenvalue weighted by Gasteiger charge is 2.07. The van der Waals surface area contributed by atoms with Crippen molar-refractivity contribution in [2.45, 2.75) is 33.4 Å². The molecule has 1 aromatic heterocycles. The molecule has 18 heavy (non-hydrogen) atoms. The molecule has 0 spiro atoms. The molecule has 2 N–H and O–H groups in total. The van der Waals surface area contributed by atoms with E-state index in [-0.39, 0.29) is 6.10 Å². The number of aryl methyl sites for hydroxylation is 1. The molecule has 4 heteroatoms. The number of aromatic nitrogens is 1. The van der Waals surface area contributed by atoms with Crippen molar-refractivity contribution in [1.82, 2.24) is 4.37 Å². The van der Waals surface area contributed by atoms with Gasteiger partial charge in [-0.1, -0.05) is 0 Å². The molecular formula is C14H18N2OS. The lowest BCUT2D eigenvalue weighted by atomic mass is 10.1. The van der Waals surface area contributed by atoms with Gasteiger partial charge >= 0.3 is 0 Å². The highest BCUT2D eigenvalue weighted by molar-refractivity contribution is 7.06. The number of rotatable bonds is 4. The summed E-state index contributed by atoms with van der Waals surface area (Å²) in [5, 5.41) is 0. The Morgan fingerprint density at radius 2 is 2.11 bits per heavy atom. The standard InChI is InChI=1S/C14H18N2OS/c1-9(2)17-14-5-4-11(6-10(14)3)13-7-12(8-15)18-16-13/h4-7,9H,8,15H2,1-3H3. The molecule has 1 aromatic carbocycles. The van der Waals surface area contributed by atoms with Crippen LogP contribution in [0.25, 0.3) is 11.3 Å². The van der Waals surface area contributed by atoms with Crippen molar-refractivity contribution >= 4 is 11.5 Å². The van der Waals surface area contributed by atoms with Crippen molar-refractivity contribution in [3.8, 4) is 17.0 Å². The quantitative estimate of drug-likeness (QED) is 0.919. The van der Waals surface area contributed by atoms with E-state index in [0.29, 0.717) is 6.54 Å². The first-order chi connectivity index (χ1) is 8.60. The maximum Gasteiger partial charge on any atom is 0.122 e. The van der Waals surface area contributed by atoms with Gasteiger partial charge in [-0.3, -0.25) is 0 Å². The molecule has 2 aromatic rings. The fourth-order valence-electron chi connectivity index (χ4n) is 1.74. The fraction of sp³-hybridized carbons (Fsp3) is 0.357. The van der Waals surface area contributed by atoms with Gasteiger partial charge in [-0.25, -0.2) is 0 Å². The van der Waals surface area contributed by atoms with Crippen molar-refractivity contribution in [2.24, 2.45) is 5.73 Å². The Balaban J connectivity index is 2.28. The summed E-state index contributed by atoms with van der Waals surface area (Å²) in [5.41, 5.74) is 8.83. The SMILES string of the molecule is Cc1cc(-c2cc(CN)sn2)ccc1OC(C)C. The summed E-state index contributed by atoms with van der Waals surface area (Å²) in [5.74, 6) is 0.933. The Kier molecular flexibility index (Phi) is 3.99. The summed E-state index contributed by atoms with van der Waals surface area (Å²) >= 11 is 1.46. The van der Waals surface area contributed by atoms with E-state index < -0.39 is 0 Å². The van der Waals surface area contributed by atoms with Crippen LogP contribution < -0.4 is 10.5 Å². The summed E-state index contributed by atoms with van der Waals surface area (Å²) in [6.45, 7) is 6.66. The normalized spacial score (nSPS) is 10.9. The van der Waals surface area contributed by atoms with Gasteiger partial charge in [0.1, 0.15) is 5.75 Å². The van der Waals surface area contributed by atoms with E-state index in [1.807, 2.05) is 32.0 Å². The lowest BCUT2D eigenvalue weighted by molar-refractivity contribution is 0.241. The summed E-state index contributed by atoms with van der Waals surface area (Å²) in [4.78, 5) is 1.10. The number of hydrogen-bond donors (Lipinski definition) is 1. The highest BCUT2D eigenvalue weighted by atomic mass is 32.1. The lowest BCUT2D eigenvalue weighted by Crippen LogP contribution is -2.06. The molecule has 0 radical (unpaired) electrons. The van der Waals surface area contributed by atoms with Crippen LogP contribution in [0.5, 0.6) is 5.75 Å². The van der Waals surface area contributed by atoms with E-state index in [1.165, 1.54) is 11.5 Å². The molecule has 0 bridgehead atoms. The van der Waals surface area contributed by atoms with Gasteiger partial charge in [0, 0.05) is 17.0 Å². The van der Waals surface area contributed by atoms with Crippen LogP contribution in [0.15, 0.2) is 24.3 Å². The van der Waals surface area contributed by atoms with Crippen LogP contribution in [-0.4, -0.2) is 10.5 Å². The molecule has 3 nitrogen and oxygen atoms in total. The third-order valence-electron chi connectivity index (χ3n) is 2.59. The molecule has 0 aliphatic rings. The highest BCUT2D eigenvalue weighted by Crippen LogP contribution is 2.27. The summed E-state index contributed by atoms with van der Waals surface area (Å²) in [6, 6.07) is 8.20. The maximum absolute atomic E-state index is 5.72. The Hall–Kier alpha value is -1.39. The predicted octanol–water partition coefficient (Wildman–Crippen LogP) is 3.36. The molecule has 0 saturated heterocycles. The first-order valence-electron chi connectivity index (χ1n) is 6.03. The lowest BCUT2D eigenvalue weighted by Gasteiger charge is -2.12. The molecule has 96 valence electrons. The molecule has 1 heterocycles. The van der Waals surface area contributed by atoms with Gasteiger partial charge in [0.15, 0.2) is 0 Å². The molecule has 0 amide bonds.